The van der Waals surface area contributed by atoms with Crippen molar-refractivity contribution >= 4 is 5.69 Å². The van der Waals surface area contributed by atoms with E-state index in [9.17, 15) is 0 Å². The lowest BCUT2D eigenvalue weighted by atomic mass is 10.1. The highest BCUT2D eigenvalue weighted by Crippen LogP contribution is 2.27. The molecule has 0 saturated heterocycles. The molecule has 1 fully saturated rings. The van der Waals surface area contributed by atoms with Crippen LogP contribution in [0, 0.1) is 5.92 Å². The highest BCUT2D eigenvalue weighted by molar-refractivity contribution is 5.56. The van der Waals surface area contributed by atoms with Crippen LogP contribution in [0.25, 0.3) is 0 Å². The fourth-order valence-corrected chi connectivity index (χ4v) is 2.34. The number of nitrogens with one attached hydrogen (secondary N) is 1. The van der Waals surface area contributed by atoms with Gasteiger partial charge in [0, 0.05) is 12.6 Å². The average molecular weight is 220 g/mol. The van der Waals surface area contributed by atoms with Gasteiger partial charge in [-0.25, -0.2) is 0 Å². The van der Waals surface area contributed by atoms with Gasteiger partial charge < -0.3 is 15.8 Å². The first-order chi connectivity index (χ1) is 7.79. The van der Waals surface area contributed by atoms with Crippen LogP contribution in [0.3, 0.4) is 0 Å². The van der Waals surface area contributed by atoms with Gasteiger partial charge in [0.2, 0.25) is 0 Å². The van der Waals surface area contributed by atoms with Gasteiger partial charge in [-0.3, -0.25) is 0 Å². The zero-order chi connectivity index (χ0) is 11.4. The normalized spacial score (nSPS) is 24.4. The number of rotatable bonds is 4. The Morgan fingerprint density at radius 3 is 2.88 bits per heavy atom. The molecule has 2 atom stereocenters. The molecule has 88 valence electrons. The first kappa shape index (κ1) is 11.3. The van der Waals surface area contributed by atoms with E-state index in [1.54, 1.807) is 7.11 Å². The van der Waals surface area contributed by atoms with E-state index >= 15 is 0 Å². The number of para-hydroxylation sites is 2. The summed E-state index contributed by atoms with van der Waals surface area (Å²) in [5.41, 5.74) is 6.97. The predicted octanol–water partition coefficient (Wildman–Crippen LogP) is 2.23. The maximum atomic E-state index is 5.90. The topological polar surface area (TPSA) is 47.3 Å². The average Bonchev–Trinajstić information content (AvgIpc) is 2.73. The standard InChI is InChI=1S/C13H20N2O/c1-16-13-5-3-2-4-12(13)15-9-10-6-7-11(14)8-10/h2-5,10-11,15H,6-9,14H2,1H3. The molecule has 1 aromatic rings. The van der Waals surface area contributed by atoms with Crippen molar-refractivity contribution in [1.29, 1.82) is 0 Å². The SMILES string of the molecule is COc1ccccc1NCC1CCC(N)C1. The molecule has 0 heterocycles. The molecule has 1 aliphatic rings. The molecule has 16 heavy (non-hydrogen) atoms. The summed E-state index contributed by atoms with van der Waals surface area (Å²) in [6.45, 7) is 0.994. The molecular formula is C13H20N2O. The molecule has 3 nitrogen and oxygen atoms in total. The monoisotopic (exact) mass is 220 g/mol. The summed E-state index contributed by atoms with van der Waals surface area (Å²) in [6.07, 6.45) is 3.55. The van der Waals surface area contributed by atoms with Gasteiger partial charge in [-0.1, -0.05) is 12.1 Å². The summed E-state index contributed by atoms with van der Waals surface area (Å²) in [5, 5.41) is 3.45. The summed E-state index contributed by atoms with van der Waals surface area (Å²) >= 11 is 0. The number of nitrogens with two attached hydrogens (primary N) is 1. The Bertz CT molecular complexity index is 340. The minimum absolute atomic E-state index is 0.407. The van der Waals surface area contributed by atoms with Crippen LogP contribution < -0.4 is 15.8 Å². The van der Waals surface area contributed by atoms with Crippen LogP contribution in [0.15, 0.2) is 24.3 Å². The second-order valence-electron chi connectivity index (χ2n) is 4.52. The van der Waals surface area contributed by atoms with Gasteiger partial charge in [-0.05, 0) is 37.3 Å². The van der Waals surface area contributed by atoms with Crippen molar-refractivity contribution in [1.82, 2.24) is 0 Å². The maximum Gasteiger partial charge on any atom is 0.141 e. The van der Waals surface area contributed by atoms with Crippen molar-refractivity contribution in [3.63, 3.8) is 0 Å². The Balaban J connectivity index is 1.89. The van der Waals surface area contributed by atoms with Crippen molar-refractivity contribution in [2.75, 3.05) is 19.0 Å². The van der Waals surface area contributed by atoms with E-state index in [-0.39, 0.29) is 0 Å². The van der Waals surface area contributed by atoms with E-state index in [1.165, 1.54) is 6.42 Å². The summed E-state index contributed by atoms with van der Waals surface area (Å²) in [7, 11) is 1.70. The number of ether oxygens (including phenoxy) is 1. The van der Waals surface area contributed by atoms with Crippen LogP contribution in [-0.2, 0) is 0 Å². The number of hydrogen-bond donors (Lipinski definition) is 2. The molecule has 2 unspecified atom stereocenters. The van der Waals surface area contributed by atoms with Crippen LogP contribution in [0.5, 0.6) is 5.75 Å². The fraction of sp³-hybridized carbons (Fsp3) is 0.538. The third kappa shape index (κ3) is 2.67. The van der Waals surface area contributed by atoms with Crippen LogP contribution >= 0.6 is 0 Å². The van der Waals surface area contributed by atoms with Crippen molar-refractivity contribution < 1.29 is 4.74 Å². The van der Waals surface area contributed by atoms with Crippen molar-refractivity contribution in [2.24, 2.45) is 11.7 Å². The van der Waals surface area contributed by atoms with Gasteiger partial charge in [0.15, 0.2) is 0 Å². The summed E-state index contributed by atoms with van der Waals surface area (Å²) in [6, 6.07) is 8.43. The van der Waals surface area contributed by atoms with Crippen molar-refractivity contribution in [2.45, 2.75) is 25.3 Å². The fourth-order valence-electron chi connectivity index (χ4n) is 2.34. The number of methoxy groups -OCH3 is 1. The van der Waals surface area contributed by atoms with Gasteiger partial charge in [-0.15, -0.1) is 0 Å². The van der Waals surface area contributed by atoms with E-state index < -0.39 is 0 Å². The Morgan fingerprint density at radius 1 is 1.38 bits per heavy atom. The minimum Gasteiger partial charge on any atom is -0.495 e. The molecular weight excluding hydrogens is 200 g/mol. The molecule has 3 N–H and O–H groups in total. The van der Waals surface area contributed by atoms with E-state index in [1.807, 2.05) is 24.3 Å². The Hall–Kier alpha value is -1.22. The highest BCUT2D eigenvalue weighted by Gasteiger charge is 2.21. The Labute approximate surface area is 97.0 Å². The van der Waals surface area contributed by atoms with Gasteiger partial charge in [0.05, 0.1) is 12.8 Å². The van der Waals surface area contributed by atoms with E-state index in [4.69, 9.17) is 10.5 Å². The lowest BCUT2D eigenvalue weighted by molar-refractivity contribution is 0.416. The van der Waals surface area contributed by atoms with E-state index in [0.717, 1.165) is 30.8 Å². The highest BCUT2D eigenvalue weighted by atomic mass is 16.5. The molecule has 0 radical (unpaired) electrons. The number of hydrogen-bond acceptors (Lipinski definition) is 3. The van der Waals surface area contributed by atoms with Crippen LogP contribution in [0.4, 0.5) is 5.69 Å². The molecule has 1 aromatic carbocycles. The van der Waals surface area contributed by atoms with Crippen molar-refractivity contribution in [3.8, 4) is 5.75 Å². The molecule has 1 saturated carbocycles. The van der Waals surface area contributed by atoms with E-state index in [2.05, 4.69) is 5.32 Å². The lowest BCUT2D eigenvalue weighted by Crippen LogP contribution is -2.17. The second-order valence-corrected chi connectivity index (χ2v) is 4.52. The van der Waals surface area contributed by atoms with Crippen molar-refractivity contribution in [3.05, 3.63) is 24.3 Å². The van der Waals surface area contributed by atoms with E-state index in [0.29, 0.717) is 12.0 Å². The quantitative estimate of drug-likeness (QED) is 0.818. The number of anilines is 1. The zero-order valence-electron chi connectivity index (χ0n) is 9.78. The minimum atomic E-state index is 0.407. The molecule has 0 bridgehead atoms. The molecule has 0 aromatic heterocycles. The maximum absolute atomic E-state index is 5.90. The largest absolute Gasteiger partial charge is 0.495 e. The smallest absolute Gasteiger partial charge is 0.141 e. The molecule has 2 rings (SSSR count). The van der Waals surface area contributed by atoms with Crippen LogP contribution in [0.1, 0.15) is 19.3 Å². The second kappa shape index (κ2) is 5.21. The zero-order valence-corrected chi connectivity index (χ0v) is 9.78. The molecule has 0 aliphatic heterocycles. The summed E-state index contributed by atoms with van der Waals surface area (Å²) in [4.78, 5) is 0. The molecule has 1 aliphatic carbocycles. The summed E-state index contributed by atoms with van der Waals surface area (Å²) < 4.78 is 5.29. The third-order valence-corrected chi connectivity index (χ3v) is 3.27. The molecule has 0 spiro atoms. The van der Waals surface area contributed by atoms with Gasteiger partial charge >= 0.3 is 0 Å². The Kier molecular flexibility index (Phi) is 3.67. The van der Waals surface area contributed by atoms with Gasteiger partial charge in [-0.2, -0.15) is 0 Å². The van der Waals surface area contributed by atoms with Gasteiger partial charge in [0.1, 0.15) is 5.75 Å². The Morgan fingerprint density at radius 2 is 2.19 bits per heavy atom. The first-order valence-corrected chi connectivity index (χ1v) is 5.92. The van der Waals surface area contributed by atoms with Crippen LogP contribution in [0.2, 0.25) is 0 Å². The number of benzene rings is 1. The summed E-state index contributed by atoms with van der Waals surface area (Å²) in [5.74, 6) is 1.62. The first-order valence-electron chi connectivity index (χ1n) is 5.92. The lowest BCUT2D eigenvalue weighted by Gasteiger charge is -2.14. The predicted molar refractivity (Wildman–Crippen MR) is 66.8 cm³/mol. The molecule has 3 heteroatoms. The van der Waals surface area contributed by atoms with Gasteiger partial charge in [0.25, 0.3) is 0 Å². The van der Waals surface area contributed by atoms with Crippen LogP contribution in [-0.4, -0.2) is 19.7 Å². The molecule has 0 amide bonds. The third-order valence-electron chi connectivity index (χ3n) is 3.27.